The number of benzene rings is 1. The Morgan fingerprint density at radius 1 is 0.920 bits per heavy atom. The Labute approximate surface area is 151 Å². The van der Waals surface area contributed by atoms with Gasteiger partial charge in [-0.1, -0.05) is 47.0 Å². The van der Waals surface area contributed by atoms with Gasteiger partial charge in [0, 0.05) is 0 Å². The zero-order valence-electron chi connectivity index (χ0n) is 16.0. The molecule has 1 rings (SSSR count). The third kappa shape index (κ3) is 8.19. The highest BCUT2D eigenvalue weighted by molar-refractivity contribution is 5.93. The van der Waals surface area contributed by atoms with Crippen LogP contribution in [0.25, 0.3) is 0 Å². The van der Waals surface area contributed by atoms with E-state index in [1.54, 1.807) is 24.3 Å². The van der Waals surface area contributed by atoms with Crippen molar-refractivity contribution in [2.24, 2.45) is 11.8 Å². The van der Waals surface area contributed by atoms with Crippen molar-refractivity contribution in [3.05, 3.63) is 35.4 Å². The molecule has 1 aromatic carbocycles. The molecular formula is C21H32O4. The van der Waals surface area contributed by atoms with Gasteiger partial charge in [0.2, 0.25) is 0 Å². The van der Waals surface area contributed by atoms with Crippen molar-refractivity contribution in [3.8, 4) is 0 Å². The van der Waals surface area contributed by atoms with Crippen LogP contribution < -0.4 is 0 Å². The van der Waals surface area contributed by atoms with Crippen LogP contribution in [0.3, 0.4) is 0 Å². The summed E-state index contributed by atoms with van der Waals surface area (Å²) in [6.45, 7) is 9.31. The predicted octanol–water partition coefficient (Wildman–Crippen LogP) is 5.26. The van der Waals surface area contributed by atoms with Gasteiger partial charge in [0.1, 0.15) is 0 Å². The molecule has 140 valence electrons. The summed E-state index contributed by atoms with van der Waals surface area (Å²) < 4.78 is 10.6. The van der Waals surface area contributed by atoms with Crippen molar-refractivity contribution in [2.45, 2.75) is 59.8 Å². The highest BCUT2D eigenvalue weighted by Gasteiger charge is 2.13. The minimum absolute atomic E-state index is 0.338. The highest BCUT2D eigenvalue weighted by Crippen LogP contribution is 2.14. The van der Waals surface area contributed by atoms with E-state index in [-0.39, 0.29) is 11.9 Å². The lowest BCUT2D eigenvalue weighted by atomic mass is 10.0. The monoisotopic (exact) mass is 348 g/mol. The van der Waals surface area contributed by atoms with E-state index in [2.05, 4.69) is 27.7 Å². The molecule has 0 bridgehead atoms. The number of carbonyl (C=O) groups excluding carboxylic acids is 2. The molecule has 0 N–H and O–H groups in total. The van der Waals surface area contributed by atoms with Crippen molar-refractivity contribution < 1.29 is 19.1 Å². The summed E-state index contributed by atoms with van der Waals surface area (Å²) in [7, 11) is 0. The molecule has 0 fully saturated rings. The molecule has 0 amide bonds. The lowest BCUT2D eigenvalue weighted by Gasteiger charge is -2.14. The summed E-state index contributed by atoms with van der Waals surface area (Å²) in [5, 5.41) is 0. The SMILES string of the molecule is CCCCC(CC)COC(=O)c1ccc(C(=O)OCCC(C)C)cc1. The first kappa shape index (κ1) is 21.2. The van der Waals surface area contributed by atoms with E-state index in [0.29, 0.717) is 36.2 Å². The van der Waals surface area contributed by atoms with Crippen molar-refractivity contribution in [2.75, 3.05) is 13.2 Å². The average molecular weight is 348 g/mol. The van der Waals surface area contributed by atoms with Crippen LogP contribution in [-0.4, -0.2) is 25.2 Å². The Balaban J connectivity index is 2.49. The number of hydrogen-bond acceptors (Lipinski definition) is 4. The van der Waals surface area contributed by atoms with E-state index in [1.165, 1.54) is 0 Å². The van der Waals surface area contributed by atoms with Gasteiger partial charge in [0.25, 0.3) is 0 Å². The maximum atomic E-state index is 12.1. The number of rotatable bonds is 11. The van der Waals surface area contributed by atoms with Crippen LogP contribution in [-0.2, 0) is 9.47 Å². The van der Waals surface area contributed by atoms with Gasteiger partial charge in [-0.2, -0.15) is 0 Å². The molecule has 0 aliphatic carbocycles. The van der Waals surface area contributed by atoms with E-state index in [1.807, 2.05) is 0 Å². The summed E-state index contributed by atoms with van der Waals surface area (Å²) in [4.78, 5) is 24.1. The average Bonchev–Trinajstić information content (AvgIpc) is 2.61. The summed E-state index contributed by atoms with van der Waals surface area (Å²) in [5.41, 5.74) is 0.916. The van der Waals surface area contributed by atoms with E-state index in [9.17, 15) is 9.59 Å². The Kier molecular flexibility index (Phi) is 9.90. The van der Waals surface area contributed by atoms with E-state index < -0.39 is 0 Å². The van der Waals surface area contributed by atoms with E-state index >= 15 is 0 Å². The molecule has 25 heavy (non-hydrogen) atoms. The van der Waals surface area contributed by atoms with Crippen molar-refractivity contribution >= 4 is 11.9 Å². The Morgan fingerprint density at radius 2 is 1.48 bits per heavy atom. The third-order valence-electron chi connectivity index (χ3n) is 4.28. The molecule has 0 spiro atoms. The maximum absolute atomic E-state index is 12.1. The fraction of sp³-hybridized carbons (Fsp3) is 0.619. The zero-order chi connectivity index (χ0) is 18.7. The normalized spacial score (nSPS) is 12.0. The summed E-state index contributed by atoms with van der Waals surface area (Å²) in [5.74, 6) is 0.217. The number of esters is 2. The minimum Gasteiger partial charge on any atom is -0.462 e. The summed E-state index contributed by atoms with van der Waals surface area (Å²) in [6.07, 6.45) is 5.24. The van der Waals surface area contributed by atoms with Crippen molar-refractivity contribution in [3.63, 3.8) is 0 Å². The van der Waals surface area contributed by atoms with Crippen LogP contribution in [0.2, 0.25) is 0 Å². The molecule has 4 heteroatoms. The molecule has 4 nitrogen and oxygen atoms in total. The second kappa shape index (κ2) is 11.7. The topological polar surface area (TPSA) is 52.6 Å². The first-order chi connectivity index (χ1) is 12.0. The van der Waals surface area contributed by atoms with Crippen LogP contribution in [0, 0.1) is 11.8 Å². The lowest BCUT2D eigenvalue weighted by Crippen LogP contribution is -2.14. The first-order valence-corrected chi connectivity index (χ1v) is 9.42. The van der Waals surface area contributed by atoms with Crippen LogP contribution in [0.5, 0.6) is 0 Å². The molecular weight excluding hydrogens is 316 g/mol. The highest BCUT2D eigenvalue weighted by atomic mass is 16.5. The predicted molar refractivity (Wildman–Crippen MR) is 99.8 cm³/mol. The second-order valence-electron chi connectivity index (χ2n) is 6.91. The van der Waals surface area contributed by atoms with Gasteiger partial charge < -0.3 is 9.47 Å². The molecule has 0 radical (unpaired) electrons. The maximum Gasteiger partial charge on any atom is 0.338 e. The van der Waals surface area contributed by atoms with Gasteiger partial charge in [0.05, 0.1) is 24.3 Å². The quantitative estimate of drug-likeness (QED) is 0.512. The Morgan fingerprint density at radius 3 is 1.96 bits per heavy atom. The van der Waals surface area contributed by atoms with Crippen molar-refractivity contribution in [1.29, 1.82) is 0 Å². The lowest BCUT2D eigenvalue weighted by molar-refractivity contribution is 0.0425. The van der Waals surface area contributed by atoms with Gasteiger partial charge in [-0.3, -0.25) is 0 Å². The van der Waals surface area contributed by atoms with Crippen LogP contribution >= 0.6 is 0 Å². The smallest absolute Gasteiger partial charge is 0.338 e. The Hall–Kier alpha value is -1.84. The van der Waals surface area contributed by atoms with Crippen molar-refractivity contribution in [1.82, 2.24) is 0 Å². The molecule has 0 heterocycles. The number of unbranched alkanes of at least 4 members (excludes halogenated alkanes) is 1. The van der Waals surface area contributed by atoms with Gasteiger partial charge in [-0.05, 0) is 48.9 Å². The molecule has 0 aliphatic rings. The van der Waals surface area contributed by atoms with Crippen LogP contribution in [0.15, 0.2) is 24.3 Å². The molecule has 0 saturated carbocycles. The van der Waals surface area contributed by atoms with Gasteiger partial charge >= 0.3 is 11.9 Å². The minimum atomic E-state index is -0.355. The fourth-order valence-corrected chi connectivity index (χ4v) is 2.39. The second-order valence-corrected chi connectivity index (χ2v) is 6.91. The summed E-state index contributed by atoms with van der Waals surface area (Å²) in [6, 6.07) is 6.47. The van der Waals surface area contributed by atoms with Gasteiger partial charge in [0.15, 0.2) is 0 Å². The van der Waals surface area contributed by atoms with E-state index in [4.69, 9.17) is 9.47 Å². The zero-order valence-corrected chi connectivity index (χ0v) is 16.0. The summed E-state index contributed by atoms with van der Waals surface area (Å²) >= 11 is 0. The standard InChI is InChI=1S/C21H32O4/c1-5-7-8-17(6-2)15-25-21(23)19-11-9-18(10-12-19)20(22)24-14-13-16(3)4/h9-12,16-17H,5-8,13-15H2,1-4H3. The number of carbonyl (C=O) groups is 2. The molecule has 0 saturated heterocycles. The van der Waals surface area contributed by atoms with Crippen LogP contribution in [0.4, 0.5) is 0 Å². The first-order valence-electron chi connectivity index (χ1n) is 9.42. The Bertz CT molecular complexity index is 519. The largest absolute Gasteiger partial charge is 0.462 e. The van der Waals surface area contributed by atoms with Gasteiger partial charge in [-0.15, -0.1) is 0 Å². The number of hydrogen-bond donors (Lipinski definition) is 0. The molecule has 0 aliphatic heterocycles. The number of ether oxygens (including phenoxy) is 2. The molecule has 1 aromatic rings. The molecule has 1 unspecified atom stereocenters. The van der Waals surface area contributed by atoms with Gasteiger partial charge in [-0.25, -0.2) is 9.59 Å². The molecule has 1 atom stereocenters. The third-order valence-corrected chi connectivity index (χ3v) is 4.28. The van der Waals surface area contributed by atoms with E-state index in [0.717, 1.165) is 32.1 Å². The van der Waals surface area contributed by atoms with Crippen LogP contribution in [0.1, 0.15) is 80.5 Å². The fourth-order valence-electron chi connectivity index (χ4n) is 2.39. The molecule has 0 aromatic heterocycles.